The molecule has 3 saturated carbocycles. The van der Waals surface area contributed by atoms with Crippen LogP contribution in [0.5, 0.6) is 0 Å². The van der Waals surface area contributed by atoms with Crippen molar-refractivity contribution >= 4 is 11.6 Å². The second kappa shape index (κ2) is 9.47. The molecular formula is C36H49N3O3. The lowest BCUT2D eigenvalue weighted by atomic mass is 9.36. The molecule has 226 valence electrons. The van der Waals surface area contributed by atoms with Crippen LogP contribution in [0, 0.1) is 62.6 Å². The molecule has 0 amide bonds. The highest BCUT2D eigenvalue weighted by molar-refractivity contribution is 6.04. The average Bonchev–Trinajstić information content (AvgIpc) is 3.40. The summed E-state index contributed by atoms with van der Waals surface area (Å²) in [5.41, 5.74) is -0.0655. The van der Waals surface area contributed by atoms with E-state index in [1.54, 1.807) is 0 Å². The summed E-state index contributed by atoms with van der Waals surface area (Å²) < 4.78 is 6.46. The topological polar surface area (TPSA) is 96.9 Å². The SMILES string of the molecule is CCCc1nnc([C@]23CCC(C)(C)CC2C2C(=O)C=C4[C@@]5(C)C=C(C#N)C(=O)C(C)(C)[C@@H]5CC[C@@]4(C)[C@H]2C(CC)C3)o1. The standard InChI is InChI=1S/C36H49N3O3/c1-9-11-27-38-39-31(42-27)36-15-14-32(3,4)19-23(36)28-24(40)16-26-34(7,29(28)21(10-2)18-36)13-12-25-33(5,6)30(41)22(20-37)17-35(25,26)8/h16-17,21,23,25,28-29H,9-15,18-19H2,1-8H3/t21?,23?,25-,28?,29-,34+,35-,36-/m0/s1. The van der Waals surface area contributed by atoms with Crippen molar-refractivity contribution in [1.82, 2.24) is 10.2 Å². The molecular weight excluding hydrogens is 522 g/mol. The first-order chi connectivity index (χ1) is 19.7. The number of rotatable bonds is 4. The third-order valence-corrected chi connectivity index (χ3v) is 13.1. The molecule has 0 bridgehead atoms. The van der Waals surface area contributed by atoms with Crippen molar-refractivity contribution in [1.29, 1.82) is 5.26 Å². The minimum atomic E-state index is -0.649. The van der Waals surface area contributed by atoms with E-state index < -0.39 is 10.8 Å². The van der Waals surface area contributed by atoms with Crippen LogP contribution in [-0.2, 0) is 21.4 Å². The van der Waals surface area contributed by atoms with Crippen LogP contribution >= 0.6 is 0 Å². The van der Waals surface area contributed by atoms with Crippen molar-refractivity contribution in [2.24, 2.45) is 51.2 Å². The number of aromatic nitrogens is 2. The van der Waals surface area contributed by atoms with Crippen LogP contribution in [0.25, 0.3) is 0 Å². The lowest BCUT2D eigenvalue weighted by Gasteiger charge is -2.66. The highest BCUT2D eigenvalue weighted by Gasteiger charge is 2.68. The second-order valence-electron chi connectivity index (χ2n) is 16.3. The molecule has 0 aliphatic heterocycles. The molecule has 5 aliphatic rings. The van der Waals surface area contributed by atoms with Crippen molar-refractivity contribution in [2.75, 3.05) is 0 Å². The van der Waals surface area contributed by atoms with Gasteiger partial charge in [-0.3, -0.25) is 9.59 Å². The second-order valence-corrected chi connectivity index (χ2v) is 16.3. The van der Waals surface area contributed by atoms with Gasteiger partial charge in [0.25, 0.3) is 0 Å². The average molecular weight is 572 g/mol. The number of Topliss-reactive ketones (excluding diaryl/α,β-unsaturated/α-hetero) is 1. The molecule has 8 atom stereocenters. The predicted octanol–water partition coefficient (Wildman–Crippen LogP) is 7.74. The quantitative estimate of drug-likeness (QED) is 0.367. The fourth-order valence-electron chi connectivity index (χ4n) is 11.1. The Labute approximate surface area is 251 Å². The van der Waals surface area contributed by atoms with Gasteiger partial charge in [0, 0.05) is 23.2 Å². The van der Waals surface area contributed by atoms with Gasteiger partial charge in [-0.2, -0.15) is 5.26 Å². The molecule has 5 aliphatic carbocycles. The van der Waals surface area contributed by atoms with Crippen LogP contribution in [0.4, 0.5) is 0 Å². The monoisotopic (exact) mass is 571 g/mol. The first-order valence-electron chi connectivity index (χ1n) is 16.5. The molecule has 1 heterocycles. The van der Waals surface area contributed by atoms with Gasteiger partial charge in [0.1, 0.15) is 6.07 Å². The Morgan fingerprint density at radius 1 is 1.02 bits per heavy atom. The van der Waals surface area contributed by atoms with E-state index in [1.807, 2.05) is 26.0 Å². The van der Waals surface area contributed by atoms with Crippen LogP contribution < -0.4 is 0 Å². The highest BCUT2D eigenvalue weighted by Crippen LogP contribution is 2.71. The van der Waals surface area contributed by atoms with Gasteiger partial charge >= 0.3 is 0 Å². The summed E-state index contributed by atoms with van der Waals surface area (Å²) in [6, 6.07) is 2.22. The van der Waals surface area contributed by atoms with E-state index in [2.05, 4.69) is 52.7 Å². The van der Waals surface area contributed by atoms with Crippen molar-refractivity contribution < 1.29 is 14.0 Å². The zero-order valence-corrected chi connectivity index (χ0v) is 27.0. The smallest absolute Gasteiger partial charge is 0.222 e. The lowest BCUT2D eigenvalue weighted by Crippen LogP contribution is -2.63. The minimum Gasteiger partial charge on any atom is -0.425 e. The van der Waals surface area contributed by atoms with Gasteiger partial charge < -0.3 is 4.42 Å². The zero-order valence-electron chi connectivity index (χ0n) is 27.0. The number of allylic oxidation sites excluding steroid dienone is 4. The third-order valence-electron chi connectivity index (χ3n) is 13.1. The Bertz CT molecular complexity index is 1420. The van der Waals surface area contributed by atoms with Crippen molar-refractivity contribution in [3.05, 3.63) is 35.1 Å². The summed E-state index contributed by atoms with van der Waals surface area (Å²) in [6.07, 6.45) is 12.5. The Balaban J connectivity index is 1.53. The molecule has 6 nitrogen and oxygen atoms in total. The van der Waals surface area contributed by atoms with Crippen molar-refractivity contribution in [2.45, 2.75) is 119 Å². The molecule has 6 rings (SSSR count). The number of nitriles is 1. The molecule has 3 unspecified atom stereocenters. The Kier molecular flexibility index (Phi) is 6.66. The van der Waals surface area contributed by atoms with Gasteiger partial charge in [-0.1, -0.05) is 73.5 Å². The summed E-state index contributed by atoms with van der Waals surface area (Å²) >= 11 is 0. The van der Waals surface area contributed by atoms with E-state index in [0.717, 1.165) is 69.3 Å². The van der Waals surface area contributed by atoms with Crippen molar-refractivity contribution in [3.63, 3.8) is 0 Å². The number of nitrogens with zero attached hydrogens (tertiary/aromatic N) is 3. The van der Waals surface area contributed by atoms with Gasteiger partial charge in [0.15, 0.2) is 11.6 Å². The Morgan fingerprint density at radius 2 is 1.76 bits per heavy atom. The van der Waals surface area contributed by atoms with E-state index >= 15 is 0 Å². The number of carbonyl (C=O) groups excluding carboxylic acids is 2. The zero-order chi connectivity index (χ0) is 30.5. The molecule has 0 aromatic carbocycles. The third kappa shape index (κ3) is 3.87. The maximum atomic E-state index is 14.7. The number of hydrogen-bond donors (Lipinski definition) is 0. The summed E-state index contributed by atoms with van der Waals surface area (Å²) in [7, 11) is 0. The van der Waals surface area contributed by atoms with E-state index in [-0.39, 0.29) is 57.1 Å². The summed E-state index contributed by atoms with van der Waals surface area (Å²) in [6.45, 7) is 17.7. The van der Waals surface area contributed by atoms with Crippen LogP contribution in [-0.4, -0.2) is 21.8 Å². The van der Waals surface area contributed by atoms with Gasteiger partial charge in [-0.15, -0.1) is 10.2 Å². The van der Waals surface area contributed by atoms with Gasteiger partial charge in [0.2, 0.25) is 11.8 Å². The first kappa shape index (κ1) is 29.5. The van der Waals surface area contributed by atoms with E-state index in [9.17, 15) is 14.9 Å². The van der Waals surface area contributed by atoms with Crippen LogP contribution in [0.3, 0.4) is 0 Å². The largest absolute Gasteiger partial charge is 0.425 e. The Morgan fingerprint density at radius 3 is 2.43 bits per heavy atom. The van der Waals surface area contributed by atoms with Gasteiger partial charge in [0.05, 0.1) is 11.0 Å². The highest BCUT2D eigenvalue weighted by atomic mass is 16.4. The van der Waals surface area contributed by atoms with Crippen molar-refractivity contribution in [3.8, 4) is 6.07 Å². The summed E-state index contributed by atoms with van der Waals surface area (Å²) in [5, 5.41) is 19.2. The van der Waals surface area contributed by atoms with E-state index in [1.165, 1.54) is 0 Å². The van der Waals surface area contributed by atoms with Gasteiger partial charge in [-0.25, -0.2) is 0 Å². The molecule has 42 heavy (non-hydrogen) atoms. The first-order valence-corrected chi connectivity index (χ1v) is 16.5. The minimum absolute atomic E-state index is 0.0583. The molecule has 6 heteroatoms. The maximum absolute atomic E-state index is 14.7. The molecule has 3 fully saturated rings. The van der Waals surface area contributed by atoms with Crippen LogP contribution in [0.2, 0.25) is 0 Å². The number of fused-ring (bicyclic) bond motifs is 7. The van der Waals surface area contributed by atoms with Crippen LogP contribution in [0.1, 0.15) is 119 Å². The number of aryl methyl sites for hydroxylation is 1. The molecule has 0 radical (unpaired) electrons. The normalized spacial score (nSPS) is 41.8. The molecule has 0 saturated heterocycles. The summed E-state index contributed by atoms with van der Waals surface area (Å²) in [4.78, 5) is 28.1. The molecule has 0 spiro atoms. The van der Waals surface area contributed by atoms with Gasteiger partial charge in [-0.05, 0) is 85.5 Å². The number of ketones is 2. The fourth-order valence-corrected chi connectivity index (χ4v) is 11.1. The predicted molar refractivity (Wildman–Crippen MR) is 161 cm³/mol. The molecule has 1 aromatic heterocycles. The maximum Gasteiger partial charge on any atom is 0.222 e. The molecule has 1 aromatic rings. The van der Waals surface area contributed by atoms with Crippen LogP contribution in [0.15, 0.2) is 27.7 Å². The summed E-state index contributed by atoms with van der Waals surface area (Å²) in [5.74, 6) is 2.30. The lowest BCUT2D eigenvalue weighted by molar-refractivity contribution is -0.150. The molecule has 0 N–H and O–H groups in total. The Hall–Kier alpha value is -2.55. The van der Waals surface area contributed by atoms with E-state index in [4.69, 9.17) is 9.52 Å². The number of hydrogen-bond acceptors (Lipinski definition) is 6. The van der Waals surface area contributed by atoms with E-state index in [0.29, 0.717) is 11.8 Å². The number of carbonyl (C=O) groups is 2. The fraction of sp³-hybridized carbons (Fsp3) is 0.750.